The molecule has 0 bridgehead atoms. The van der Waals surface area contributed by atoms with Crippen LogP contribution in [0.1, 0.15) is 16.1 Å². The molecule has 1 heterocycles. The highest BCUT2D eigenvalue weighted by atomic mass is 35.5. The van der Waals surface area contributed by atoms with Crippen LogP contribution in [-0.4, -0.2) is 17.0 Å². The number of ether oxygens (including phenoxy) is 1. The first-order valence-corrected chi connectivity index (χ1v) is 5.96. The largest absolute Gasteiger partial charge is 0.485 e. The zero-order valence-electron chi connectivity index (χ0n) is 10.3. The Morgan fingerprint density at radius 1 is 1.47 bits per heavy atom. The van der Waals surface area contributed by atoms with Gasteiger partial charge < -0.3 is 9.30 Å². The fourth-order valence-corrected chi connectivity index (χ4v) is 1.86. The summed E-state index contributed by atoms with van der Waals surface area (Å²) >= 11 is 5.88. The standard InChI is InChI=1S/C14H11ClN2O2/c1-17-6-2-3-13(17)14(18)9-19-11-5-4-10(8-16)12(15)7-11/h2-7H,9H2,1H3. The van der Waals surface area contributed by atoms with Gasteiger partial charge in [0.05, 0.1) is 16.3 Å². The van der Waals surface area contributed by atoms with Gasteiger partial charge in [0.15, 0.2) is 6.61 Å². The van der Waals surface area contributed by atoms with Gasteiger partial charge >= 0.3 is 0 Å². The molecule has 0 saturated carbocycles. The van der Waals surface area contributed by atoms with Crippen LogP contribution in [0.5, 0.6) is 5.75 Å². The van der Waals surface area contributed by atoms with Crippen molar-refractivity contribution in [1.29, 1.82) is 5.26 Å². The van der Waals surface area contributed by atoms with Crippen molar-refractivity contribution in [1.82, 2.24) is 4.57 Å². The van der Waals surface area contributed by atoms with Gasteiger partial charge in [-0.25, -0.2) is 0 Å². The molecule has 0 radical (unpaired) electrons. The monoisotopic (exact) mass is 274 g/mol. The van der Waals surface area contributed by atoms with Crippen LogP contribution in [-0.2, 0) is 7.05 Å². The van der Waals surface area contributed by atoms with E-state index in [2.05, 4.69) is 0 Å². The van der Waals surface area contributed by atoms with Crippen molar-refractivity contribution >= 4 is 17.4 Å². The lowest BCUT2D eigenvalue weighted by molar-refractivity contribution is 0.0913. The topological polar surface area (TPSA) is 55.0 Å². The summed E-state index contributed by atoms with van der Waals surface area (Å²) in [5.74, 6) is 0.347. The lowest BCUT2D eigenvalue weighted by Crippen LogP contribution is -2.14. The van der Waals surface area contributed by atoms with E-state index in [0.29, 0.717) is 22.0 Å². The molecule has 0 unspecified atom stereocenters. The molecule has 0 spiro atoms. The Labute approximate surface area is 115 Å². The van der Waals surface area contributed by atoms with Crippen LogP contribution < -0.4 is 4.74 Å². The van der Waals surface area contributed by atoms with Crippen LogP contribution in [0.25, 0.3) is 0 Å². The van der Waals surface area contributed by atoms with Gasteiger partial charge in [0.25, 0.3) is 0 Å². The Morgan fingerprint density at radius 2 is 2.26 bits per heavy atom. The number of carbonyl (C=O) groups excluding carboxylic acids is 1. The molecule has 0 aliphatic rings. The SMILES string of the molecule is Cn1cccc1C(=O)COc1ccc(C#N)c(Cl)c1. The maximum Gasteiger partial charge on any atom is 0.216 e. The fraction of sp³-hybridized carbons (Fsp3) is 0.143. The molecule has 0 N–H and O–H groups in total. The average Bonchev–Trinajstić information content (AvgIpc) is 2.82. The molecule has 0 amide bonds. The molecule has 0 aliphatic heterocycles. The molecule has 2 rings (SSSR count). The van der Waals surface area contributed by atoms with Crippen LogP contribution in [0.4, 0.5) is 0 Å². The molecule has 0 saturated heterocycles. The summed E-state index contributed by atoms with van der Waals surface area (Å²) in [7, 11) is 1.80. The minimum Gasteiger partial charge on any atom is -0.485 e. The lowest BCUT2D eigenvalue weighted by atomic mass is 10.2. The second-order valence-electron chi connectivity index (χ2n) is 3.97. The molecule has 0 fully saturated rings. The third-order valence-electron chi connectivity index (χ3n) is 2.66. The number of nitriles is 1. The Hall–Kier alpha value is -2.25. The number of nitrogens with zero attached hydrogens (tertiary/aromatic N) is 2. The van der Waals surface area contributed by atoms with Crippen LogP contribution in [0, 0.1) is 11.3 Å². The van der Waals surface area contributed by atoms with E-state index < -0.39 is 0 Å². The second-order valence-corrected chi connectivity index (χ2v) is 4.38. The lowest BCUT2D eigenvalue weighted by Gasteiger charge is -2.07. The van der Waals surface area contributed by atoms with Crippen LogP contribution in [0.2, 0.25) is 5.02 Å². The van der Waals surface area contributed by atoms with Crippen molar-refractivity contribution in [2.75, 3.05) is 6.61 Å². The molecule has 5 heteroatoms. The minimum atomic E-state index is -0.118. The highest BCUT2D eigenvalue weighted by Crippen LogP contribution is 2.22. The van der Waals surface area contributed by atoms with E-state index in [4.69, 9.17) is 21.6 Å². The van der Waals surface area contributed by atoms with Gasteiger partial charge in [-0.15, -0.1) is 0 Å². The molecular weight excluding hydrogens is 264 g/mol. The van der Waals surface area contributed by atoms with Gasteiger partial charge in [-0.1, -0.05) is 11.6 Å². The van der Waals surface area contributed by atoms with Gasteiger partial charge in [-0.05, 0) is 24.3 Å². The zero-order valence-corrected chi connectivity index (χ0v) is 11.0. The quantitative estimate of drug-likeness (QED) is 0.806. The summed E-state index contributed by atoms with van der Waals surface area (Å²) in [6, 6.07) is 10.2. The Balaban J connectivity index is 2.04. The third kappa shape index (κ3) is 2.95. The Morgan fingerprint density at radius 3 is 2.84 bits per heavy atom. The van der Waals surface area contributed by atoms with Crippen molar-refractivity contribution in [3.8, 4) is 11.8 Å². The van der Waals surface area contributed by atoms with E-state index in [-0.39, 0.29) is 12.4 Å². The number of Topliss-reactive ketones (excluding diaryl/α,β-unsaturated/α-hetero) is 1. The number of carbonyl (C=O) groups is 1. The number of rotatable bonds is 4. The van der Waals surface area contributed by atoms with E-state index in [1.807, 2.05) is 6.07 Å². The van der Waals surface area contributed by atoms with E-state index in [9.17, 15) is 4.79 Å². The average molecular weight is 275 g/mol. The number of aromatic nitrogens is 1. The van der Waals surface area contributed by atoms with Gasteiger partial charge in [0, 0.05) is 19.3 Å². The molecule has 4 nitrogen and oxygen atoms in total. The second kappa shape index (κ2) is 5.59. The smallest absolute Gasteiger partial charge is 0.216 e. The number of halogens is 1. The van der Waals surface area contributed by atoms with Crippen molar-refractivity contribution in [2.24, 2.45) is 7.05 Å². The van der Waals surface area contributed by atoms with Crippen LogP contribution in [0.15, 0.2) is 36.5 Å². The summed E-state index contributed by atoms with van der Waals surface area (Å²) in [6.45, 7) is -0.0694. The maximum absolute atomic E-state index is 11.9. The van der Waals surface area contributed by atoms with Crippen LogP contribution in [0.3, 0.4) is 0 Å². The number of benzene rings is 1. The highest BCUT2D eigenvalue weighted by Gasteiger charge is 2.10. The predicted octanol–water partition coefficient (Wildman–Crippen LogP) is 2.81. The van der Waals surface area contributed by atoms with Crippen LogP contribution >= 0.6 is 11.6 Å². The van der Waals surface area contributed by atoms with Gasteiger partial charge in [0.2, 0.25) is 5.78 Å². The van der Waals surface area contributed by atoms with Gasteiger partial charge in [-0.3, -0.25) is 4.79 Å². The molecule has 96 valence electrons. The predicted molar refractivity (Wildman–Crippen MR) is 71.4 cm³/mol. The molecule has 19 heavy (non-hydrogen) atoms. The first-order valence-electron chi connectivity index (χ1n) is 5.59. The Kier molecular flexibility index (Phi) is 3.88. The van der Waals surface area contributed by atoms with Crippen molar-refractivity contribution in [3.05, 3.63) is 52.8 Å². The zero-order chi connectivity index (χ0) is 13.8. The summed E-state index contributed by atoms with van der Waals surface area (Å²) in [6.07, 6.45) is 1.80. The van der Waals surface area contributed by atoms with Crippen molar-refractivity contribution in [3.63, 3.8) is 0 Å². The van der Waals surface area contributed by atoms with Gasteiger partial charge in [0.1, 0.15) is 11.8 Å². The van der Waals surface area contributed by atoms with E-state index in [0.717, 1.165) is 0 Å². The molecule has 0 aliphatic carbocycles. The number of hydrogen-bond acceptors (Lipinski definition) is 3. The first kappa shape index (κ1) is 13.2. The number of ketones is 1. The maximum atomic E-state index is 11.9. The summed E-state index contributed by atoms with van der Waals surface area (Å²) in [4.78, 5) is 11.9. The fourth-order valence-electron chi connectivity index (χ4n) is 1.65. The molecule has 1 aromatic heterocycles. The summed E-state index contributed by atoms with van der Waals surface area (Å²) < 4.78 is 7.10. The van der Waals surface area contributed by atoms with E-state index >= 15 is 0 Å². The van der Waals surface area contributed by atoms with Gasteiger partial charge in [-0.2, -0.15) is 5.26 Å². The number of aryl methyl sites for hydroxylation is 1. The molecule has 0 atom stereocenters. The highest BCUT2D eigenvalue weighted by molar-refractivity contribution is 6.31. The summed E-state index contributed by atoms with van der Waals surface area (Å²) in [5.41, 5.74) is 0.961. The molecule has 2 aromatic rings. The molecular formula is C14H11ClN2O2. The van der Waals surface area contributed by atoms with E-state index in [1.54, 1.807) is 42.1 Å². The molecule has 1 aromatic carbocycles. The van der Waals surface area contributed by atoms with Crippen molar-refractivity contribution < 1.29 is 9.53 Å². The Bertz CT molecular complexity index is 656. The number of hydrogen-bond donors (Lipinski definition) is 0. The normalized spacial score (nSPS) is 9.95. The van der Waals surface area contributed by atoms with Crippen molar-refractivity contribution in [2.45, 2.75) is 0 Å². The summed E-state index contributed by atoms with van der Waals surface area (Å²) in [5, 5.41) is 9.06. The third-order valence-corrected chi connectivity index (χ3v) is 2.97. The van der Waals surface area contributed by atoms with E-state index in [1.165, 1.54) is 6.07 Å². The minimum absolute atomic E-state index is 0.0694. The first-order chi connectivity index (χ1) is 9.11.